The van der Waals surface area contributed by atoms with E-state index < -0.39 is 5.91 Å². The highest BCUT2D eigenvalue weighted by atomic mass is 16.2. The summed E-state index contributed by atoms with van der Waals surface area (Å²) >= 11 is 0. The molecule has 2 amide bonds. The number of rotatable bonds is 7. The Labute approximate surface area is 112 Å². The summed E-state index contributed by atoms with van der Waals surface area (Å²) in [5.74, 6) is -0.666. The number of amides is 2. The van der Waals surface area contributed by atoms with Gasteiger partial charge in [-0.3, -0.25) is 14.7 Å². The standard InChI is InChI=1S/C12H21N5O2/c1-3-5-8-10(13)11(17-16-8)12(19)15-7-9(18)14-6-4-2/h3-7,13H2,1-2H3,(H,14,18)(H,15,19)(H,16,17). The summed E-state index contributed by atoms with van der Waals surface area (Å²) in [5.41, 5.74) is 7.07. The summed E-state index contributed by atoms with van der Waals surface area (Å²) in [7, 11) is 0. The first-order valence-electron chi connectivity index (χ1n) is 6.47. The van der Waals surface area contributed by atoms with Crippen molar-refractivity contribution >= 4 is 17.5 Å². The third-order valence-corrected chi connectivity index (χ3v) is 2.58. The van der Waals surface area contributed by atoms with E-state index in [2.05, 4.69) is 20.8 Å². The van der Waals surface area contributed by atoms with E-state index in [0.29, 0.717) is 12.2 Å². The number of hydrogen-bond donors (Lipinski definition) is 4. The van der Waals surface area contributed by atoms with Crippen molar-refractivity contribution in [1.82, 2.24) is 20.8 Å². The third kappa shape index (κ3) is 4.27. The molecule has 0 aliphatic heterocycles. The predicted octanol–water partition coefficient (Wildman–Crippen LogP) is 0.200. The number of aromatic amines is 1. The molecule has 0 radical (unpaired) electrons. The lowest BCUT2D eigenvalue weighted by Gasteiger charge is -2.05. The van der Waals surface area contributed by atoms with Gasteiger partial charge in [0.1, 0.15) is 0 Å². The summed E-state index contributed by atoms with van der Waals surface area (Å²) in [4.78, 5) is 23.2. The second-order valence-corrected chi connectivity index (χ2v) is 4.25. The van der Waals surface area contributed by atoms with E-state index in [0.717, 1.165) is 25.0 Å². The minimum atomic E-state index is -0.442. The fourth-order valence-corrected chi connectivity index (χ4v) is 1.57. The van der Waals surface area contributed by atoms with Crippen molar-refractivity contribution in [2.45, 2.75) is 33.1 Å². The first kappa shape index (κ1) is 15.0. The van der Waals surface area contributed by atoms with E-state index in [-0.39, 0.29) is 18.1 Å². The molecule has 1 heterocycles. The highest BCUT2D eigenvalue weighted by Crippen LogP contribution is 2.15. The SMILES string of the molecule is CCCNC(=O)CNC(=O)c1n[nH]c(CCC)c1N. The Morgan fingerprint density at radius 3 is 2.63 bits per heavy atom. The largest absolute Gasteiger partial charge is 0.395 e. The van der Waals surface area contributed by atoms with Crippen molar-refractivity contribution in [3.63, 3.8) is 0 Å². The van der Waals surface area contributed by atoms with Crippen molar-refractivity contribution in [2.24, 2.45) is 0 Å². The zero-order valence-electron chi connectivity index (χ0n) is 11.4. The fraction of sp³-hybridized carbons (Fsp3) is 0.583. The quantitative estimate of drug-likeness (QED) is 0.565. The van der Waals surface area contributed by atoms with E-state index in [1.807, 2.05) is 13.8 Å². The van der Waals surface area contributed by atoms with Gasteiger partial charge in [0.2, 0.25) is 5.91 Å². The van der Waals surface area contributed by atoms with Gasteiger partial charge >= 0.3 is 0 Å². The predicted molar refractivity (Wildman–Crippen MR) is 72.6 cm³/mol. The van der Waals surface area contributed by atoms with Gasteiger partial charge in [-0.15, -0.1) is 0 Å². The summed E-state index contributed by atoms with van der Waals surface area (Å²) in [5, 5.41) is 11.8. The topological polar surface area (TPSA) is 113 Å². The number of hydrogen-bond acceptors (Lipinski definition) is 4. The van der Waals surface area contributed by atoms with Crippen molar-refractivity contribution < 1.29 is 9.59 Å². The van der Waals surface area contributed by atoms with Gasteiger partial charge in [-0.1, -0.05) is 20.3 Å². The van der Waals surface area contributed by atoms with Crippen LogP contribution < -0.4 is 16.4 Å². The Balaban J connectivity index is 2.52. The van der Waals surface area contributed by atoms with Crippen LogP contribution in [-0.2, 0) is 11.2 Å². The van der Waals surface area contributed by atoms with Crippen LogP contribution in [0.15, 0.2) is 0 Å². The smallest absolute Gasteiger partial charge is 0.274 e. The van der Waals surface area contributed by atoms with E-state index in [4.69, 9.17) is 5.73 Å². The molecule has 0 fully saturated rings. The number of anilines is 1. The van der Waals surface area contributed by atoms with Crippen molar-refractivity contribution in [3.05, 3.63) is 11.4 Å². The summed E-state index contributed by atoms with van der Waals surface area (Å²) in [6, 6.07) is 0. The zero-order valence-corrected chi connectivity index (χ0v) is 11.4. The van der Waals surface area contributed by atoms with Crippen LogP contribution in [0.3, 0.4) is 0 Å². The molecule has 1 aromatic heterocycles. The van der Waals surface area contributed by atoms with E-state index in [1.54, 1.807) is 0 Å². The number of aromatic nitrogens is 2. The first-order chi connectivity index (χ1) is 9.10. The van der Waals surface area contributed by atoms with Gasteiger partial charge in [-0.05, 0) is 12.8 Å². The van der Waals surface area contributed by atoms with Gasteiger partial charge in [0, 0.05) is 6.54 Å². The average Bonchev–Trinajstić information content (AvgIpc) is 2.76. The van der Waals surface area contributed by atoms with Crippen molar-refractivity contribution in [2.75, 3.05) is 18.8 Å². The molecule has 7 heteroatoms. The second kappa shape index (κ2) is 7.40. The molecule has 0 spiro atoms. The van der Waals surface area contributed by atoms with Crippen LogP contribution in [0.4, 0.5) is 5.69 Å². The van der Waals surface area contributed by atoms with Crippen LogP contribution >= 0.6 is 0 Å². The number of H-pyrrole nitrogens is 1. The van der Waals surface area contributed by atoms with E-state index in [9.17, 15) is 9.59 Å². The molecule has 0 bridgehead atoms. The van der Waals surface area contributed by atoms with Crippen LogP contribution in [0.1, 0.15) is 42.9 Å². The minimum absolute atomic E-state index is 0.0752. The van der Waals surface area contributed by atoms with Gasteiger partial charge in [-0.25, -0.2) is 0 Å². The Hall–Kier alpha value is -2.05. The number of nitrogens with zero attached hydrogens (tertiary/aromatic N) is 1. The summed E-state index contributed by atoms with van der Waals surface area (Å²) in [6.07, 6.45) is 2.50. The molecular formula is C12H21N5O2. The maximum absolute atomic E-state index is 11.8. The van der Waals surface area contributed by atoms with Crippen LogP contribution in [-0.4, -0.2) is 35.1 Å². The number of carbonyl (C=O) groups is 2. The molecule has 0 aliphatic rings. The Bertz CT molecular complexity index is 441. The molecule has 0 unspecified atom stereocenters. The minimum Gasteiger partial charge on any atom is -0.395 e. The highest BCUT2D eigenvalue weighted by Gasteiger charge is 2.17. The van der Waals surface area contributed by atoms with Crippen LogP contribution in [0.25, 0.3) is 0 Å². The van der Waals surface area contributed by atoms with Crippen LogP contribution in [0.2, 0.25) is 0 Å². The molecule has 0 atom stereocenters. The van der Waals surface area contributed by atoms with Crippen molar-refractivity contribution in [1.29, 1.82) is 0 Å². The lowest BCUT2D eigenvalue weighted by molar-refractivity contribution is -0.120. The lowest BCUT2D eigenvalue weighted by atomic mass is 10.2. The van der Waals surface area contributed by atoms with Gasteiger partial charge in [0.25, 0.3) is 5.91 Å². The Morgan fingerprint density at radius 1 is 1.26 bits per heavy atom. The number of aryl methyl sites for hydroxylation is 1. The van der Waals surface area contributed by atoms with Gasteiger partial charge in [-0.2, -0.15) is 5.10 Å². The summed E-state index contributed by atoms with van der Waals surface area (Å²) < 4.78 is 0. The molecule has 0 saturated carbocycles. The molecule has 5 N–H and O–H groups in total. The molecule has 0 aromatic carbocycles. The van der Waals surface area contributed by atoms with Crippen LogP contribution in [0, 0.1) is 0 Å². The first-order valence-corrected chi connectivity index (χ1v) is 6.47. The highest BCUT2D eigenvalue weighted by molar-refractivity contribution is 5.99. The average molecular weight is 267 g/mol. The number of nitrogens with two attached hydrogens (primary N) is 1. The van der Waals surface area contributed by atoms with E-state index in [1.165, 1.54) is 0 Å². The maximum atomic E-state index is 11.8. The number of carbonyl (C=O) groups excluding carboxylic acids is 2. The molecular weight excluding hydrogens is 246 g/mol. The molecule has 1 aromatic rings. The summed E-state index contributed by atoms with van der Waals surface area (Å²) in [6.45, 7) is 4.49. The fourth-order valence-electron chi connectivity index (χ4n) is 1.57. The maximum Gasteiger partial charge on any atom is 0.274 e. The monoisotopic (exact) mass is 267 g/mol. The number of nitrogens with one attached hydrogen (secondary N) is 3. The van der Waals surface area contributed by atoms with Gasteiger partial charge in [0.05, 0.1) is 17.9 Å². The second-order valence-electron chi connectivity index (χ2n) is 4.25. The Kier molecular flexibility index (Phi) is 5.84. The molecule has 106 valence electrons. The molecule has 0 saturated heterocycles. The Morgan fingerprint density at radius 2 is 2.00 bits per heavy atom. The lowest BCUT2D eigenvalue weighted by Crippen LogP contribution is -2.37. The number of nitrogen functional groups attached to an aromatic ring is 1. The zero-order chi connectivity index (χ0) is 14.3. The van der Waals surface area contributed by atoms with Gasteiger partial charge in [0.15, 0.2) is 5.69 Å². The molecule has 19 heavy (non-hydrogen) atoms. The molecule has 7 nitrogen and oxygen atoms in total. The molecule has 0 aliphatic carbocycles. The van der Waals surface area contributed by atoms with Crippen LogP contribution in [0.5, 0.6) is 0 Å². The van der Waals surface area contributed by atoms with Gasteiger partial charge < -0.3 is 16.4 Å². The van der Waals surface area contributed by atoms with Crippen molar-refractivity contribution in [3.8, 4) is 0 Å². The van der Waals surface area contributed by atoms with E-state index >= 15 is 0 Å². The molecule has 1 rings (SSSR count). The third-order valence-electron chi connectivity index (χ3n) is 2.58. The normalized spacial score (nSPS) is 10.2.